The number of amides is 3. The fourth-order valence-electron chi connectivity index (χ4n) is 2.37. The highest BCUT2D eigenvalue weighted by atomic mass is 79.9. The molecule has 1 atom stereocenters. The Kier molecular flexibility index (Phi) is 4.52. The van der Waals surface area contributed by atoms with Crippen LogP contribution >= 0.6 is 15.9 Å². The Bertz CT molecular complexity index is 835. The molecule has 0 aliphatic carbocycles. The molecule has 122 valence electrons. The first-order valence-corrected chi connectivity index (χ1v) is 7.97. The number of carbonyl (C=O) groups excluding carboxylic acids is 2. The number of carbonyl (C=O) groups is 2. The van der Waals surface area contributed by atoms with E-state index in [0.29, 0.717) is 16.9 Å². The highest BCUT2D eigenvalue weighted by Gasteiger charge is 2.23. The largest absolute Gasteiger partial charge is 0.503 e. The fraction of sp³-hybridized carbons (Fsp3) is 0.0588. The summed E-state index contributed by atoms with van der Waals surface area (Å²) in [5.74, 6) is -1.06. The van der Waals surface area contributed by atoms with Crippen molar-refractivity contribution in [1.29, 1.82) is 0 Å². The number of rotatable bonds is 2. The van der Waals surface area contributed by atoms with E-state index < -0.39 is 23.7 Å². The van der Waals surface area contributed by atoms with Gasteiger partial charge in [0, 0.05) is 15.7 Å². The van der Waals surface area contributed by atoms with Crippen LogP contribution in [0, 0.1) is 0 Å². The van der Waals surface area contributed by atoms with Crippen LogP contribution in [0.5, 0.6) is 0 Å². The number of benzene rings is 2. The molecule has 0 radical (unpaired) electrons. The van der Waals surface area contributed by atoms with Crippen LogP contribution in [0.2, 0.25) is 0 Å². The molecule has 1 unspecified atom stereocenters. The molecule has 3 amide bonds. The van der Waals surface area contributed by atoms with Crippen molar-refractivity contribution >= 4 is 39.2 Å². The summed E-state index contributed by atoms with van der Waals surface area (Å²) >= 11 is 3.36. The number of fused-ring (bicyclic) bond motifs is 1. The minimum Gasteiger partial charge on any atom is -0.503 e. The number of aliphatic hydroxyl groups is 1. The summed E-state index contributed by atoms with van der Waals surface area (Å²) < 4.78 is 0.747. The lowest BCUT2D eigenvalue weighted by atomic mass is 10.1. The summed E-state index contributed by atoms with van der Waals surface area (Å²) in [7, 11) is 0. The first-order valence-electron chi connectivity index (χ1n) is 7.17. The Morgan fingerprint density at radius 2 is 1.83 bits per heavy atom. The van der Waals surface area contributed by atoms with E-state index >= 15 is 0 Å². The van der Waals surface area contributed by atoms with E-state index in [9.17, 15) is 14.7 Å². The molecule has 0 saturated carbocycles. The van der Waals surface area contributed by atoms with Gasteiger partial charge in [0.05, 0.1) is 11.7 Å². The maximum Gasteiger partial charge on any atom is 0.320 e. The number of aliphatic hydroxyl groups excluding tert-OH is 1. The zero-order valence-corrected chi connectivity index (χ0v) is 14.0. The van der Waals surface area contributed by atoms with Crippen LogP contribution in [0.1, 0.15) is 11.6 Å². The Morgan fingerprint density at radius 3 is 2.62 bits per heavy atom. The monoisotopic (exact) mass is 387 g/mol. The van der Waals surface area contributed by atoms with Crippen molar-refractivity contribution in [2.75, 3.05) is 10.6 Å². The Morgan fingerprint density at radius 1 is 1.12 bits per heavy atom. The summed E-state index contributed by atoms with van der Waals surface area (Å²) in [6.45, 7) is 0. The molecule has 2 aromatic carbocycles. The van der Waals surface area contributed by atoms with Gasteiger partial charge in [-0.15, -0.1) is 0 Å². The molecular weight excluding hydrogens is 374 g/mol. The molecule has 7 heteroatoms. The van der Waals surface area contributed by atoms with E-state index in [1.165, 1.54) is 6.08 Å². The van der Waals surface area contributed by atoms with Gasteiger partial charge >= 0.3 is 6.03 Å². The average molecular weight is 388 g/mol. The normalized spacial score (nSPS) is 16.3. The molecule has 0 saturated heterocycles. The standard InChI is InChI=1S/C17H14BrN3O3/c18-11-6-2-4-8-13(11)20-17(24)21-14-9-15(22)16(23)19-12-7-3-1-5-10(12)14/h1-9,14,22H,(H,19,23)(H2,20,21,24). The topological polar surface area (TPSA) is 90.5 Å². The molecule has 0 fully saturated rings. The van der Waals surface area contributed by atoms with Crippen LogP contribution in [0.3, 0.4) is 0 Å². The van der Waals surface area contributed by atoms with Crippen molar-refractivity contribution in [3.8, 4) is 0 Å². The van der Waals surface area contributed by atoms with Gasteiger partial charge in [-0.25, -0.2) is 4.79 Å². The molecule has 3 rings (SSSR count). The predicted molar refractivity (Wildman–Crippen MR) is 94.8 cm³/mol. The highest BCUT2D eigenvalue weighted by molar-refractivity contribution is 9.10. The van der Waals surface area contributed by atoms with Gasteiger partial charge in [-0.1, -0.05) is 30.3 Å². The predicted octanol–water partition coefficient (Wildman–Crippen LogP) is 3.71. The Hall–Kier alpha value is -2.80. The highest BCUT2D eigenvalue weighted by Crippen LogP contribution is 2.28. The van der Waals surface area contributed by atoms with Crippen LogP contribution in [0.25, 0.3) is 0 Å². The van der Waals surface area contributed by atoms with E-state index in [4.69, 9.17) is 0 Å². The summed E-state index contributed by atoms with van der Waals surface area (Å²) in [5, 5.41) is 17.9. The zero-order valence-electron chi connectivity index (χ0n) is 12.4. The summed E-state index contributed by atoms with van der Waals surface area (Å²) in [4.78, 5) is 24.1. The molecule has 4 N–H and O–H groups in total. The van der Waals surface area contributed by atoms with Crippen molar-refractivity contribution in [3.05, 3.63) is 70.4 Å². The number of anilines is 2. The van der Waals surface area contributed by atoms with Crippen LogP contribution in [-0.4, -0.2) is 17.0 Å². The van der Waals surface area contributed by atoms with E-state index in [-0.39, 0.29) is 0 Å². The molecule has 0 spiro atoms. The second-order valence-electron chi connectivity index (χ2n) is 5.15. The van der Waals surface area contributed by atoms with E-state index in [1.807, 2.05) is 12.1 Å². The second-order valence-corrected chi connectivity index (χ2v) is 6.00. The molecule has 1 heterocycles. The molecule has 0 bridgehead atoms. The lowest BCUT2D eigenvalue weighted by Crippen LogP contribution is -2.32. The lowest BCUT2D eigenvalue weighted by molar-refractivity contribution is -0.115. The molecule has 1 aliphatic rings. The van der Waals surface area contributed by atoms with Gasteiger partial charge in [0.2, 0.25) is 0 Å². The Balaban J connectivity index is 1.84. The van der Waals surface area contributed by atoms with Crippen molar-refractivity contribution in [3.63, 3.8) is 0 Å². The summed E-state index contributed by atoms with van der Waals surface area (Å²) in [6, 6.07) is 13.1. The number of nitrogens with one attached hydrogen (secondary N) is 3. The van der Waals surface area contributed by atoms with Crippen LogP contribution < -0.4 is 16.0 Å². The smallest absolute Gasteiger partial charge is 0.320 e. The molecule has 1 aliphatic heterocycles. The third kappa shape index (κ3) is 3.41. The zero-order chi connectivity index (χ0) is 17.1. The number of urea groups is 1. The first-order chi connectivity index (χ1) is 11.5. The quantitative estimate of drug-likeness (QED) is 0.632. The number of halogens is 1. The van der Waals surface area contributed by atoms with Crippen LogP contribution in [-0.2, 0) is 4.79 Å². The van der Waals surface area contributed by atoms with Gasteiger partial charge in [0.15, 0.2) is 5.76 Å². The fourth-order valence-corrected chi connectivity index (χ4v) is 2.76. The van der Waals surface area contributed by atoms with E-state index in [0.717, 1.165) is 4.47 Å². The van der Waals surface area contributed by atoms with Gasteiger partial charge in [0.25, 0.3) is 5.91 Å². The molecule has 2 aromatic rings. The van der Waals surface area contributed by atoms with Crippen LogP contribution in [0.15, 0.2) is 64.8 Å². The van der Waals surface area contributed by atoms with Crippen LogP contribution in [0.4, 0.5) is 16.2 Å². The van der Waals surface area contributed by atoms with Gasteiger partial charge < -0.3 is 21.1 Å². The third-order valence-electron chi connectivity index (χ3n) is 3.51. The SMILES string of the molecule is O=C(Nc1ccccc1Br)NC1C=C(O)C(=O)Nc2ccccc21. The lowest BCUT2D eigenvalue weighted by Gasteiger charge is -2.17. The summed E-state index contributed by atoms with van der Waals surface area (Å²) in [6.07, 6.45) is 1.31. The van der Waals surface area contributed by atoms with Crippen molar-refractivity contribution in [1.82, 2.24) is 5.32 Å². The van der Waals surface area contributed by atoms with Gasteiger partial charge in [0.1, 0.15) is 0 Å². The van der Waals surface area contributed by atoms with Gasteiger partial charge in [-0.2, -0.15) is 0 Å². The minimum atomic E-state index is -0.650. The number of hydrogen-bond donors (Lipinski definition) is 4. The average Bonchev–Trinajstić information content (AvgIpc) is 2.67. The van der Waals surface area contributed by atoms with Gasteiger partial charge in [-0.05, 0) is 40.2 Å². The maximum atomic E-state index is 12.3. The van der Waals surface area contributed by atoms with E-state index in [1.54, 1.807) is 36.4 Å². The van der Waals surface area contributed by atoms with Crippen molar-refractivity contribution in [2.45, 2.75) is 6.04 Å². The van der Waals surface area contributed by atoms with Crippen molar-refractivity contribution in [2.24, 2.45) is 0 Å². The molecule has 6 nitrogen and oxygen atoms in total. The third-order valence-corrected chi connectivity index (χ3v) is 4.20. The number of hydrogen-bond acceptors (Lipinski definition) is 3. The number of para-hydroxylation sites is 2. The maximum absolute atomic E-state index is 12.3. The molecular formula is C17H14BrN3O3. The minimum absolute atomic E-state index is 0.447. The van der Waals surface area contributed by atoms with Gasteiger partial charge in [-0.3, -0.25) is 4.79 Å². The molecule has 24 heavy (non-hydrogen) atoms. The second kappa shape index (κ2) is 6.76. The summed E-state index contributed by atoms with van der Waals surface area (Å²) in [5.41, 5.74) is 1.82. The first kappa shape index (κ1) is 16.1. The Labute approximate surface area is 146 Å². The molecule has 0 aromatic heterocycles. The van der Waals surface area contributed by atoms with Crippen molar-refractivity contribution < 1.29 is 14.7 Å². The van der Waals surface area contributed by atoms with E-state index in [2.05, 4.69) is 31.9 Å².